The Balaban J connectivity index is 2.01. The lowest BCUT2D eigenvalue weighted by atomic mass is 10.1. The maximum absolute atomic E-state index is 9.41. The van der Waals surface area contributed by atoms with Gasteiger partial charge >= 0.3 is 0 Å². The van der Waals surface area contributed by atoms with Crippen LogP contribution in [-0.4, -0.2) is 19.7 Å². The Morgan fingerprint density at radius 3 is 3.05 bits per heavy atom. The van der Waals surface area contributed by atoms with Gasteiger partial charge in [0.15, 0.2) is 5.82 Å². The van der Waals surface area contributed by atoms with Crippen molar-refractivity contribution in [2.75, 3.05) is 0 Å². The molecule has 0 radical (unpaired) electrons. The molecule has 3 heterocycles. The van der Waals surface area contributed by atoms with Gasteiger partial charge in [-0.1, -0.05) is 12.5 Å². The monoisotopic (exact) mass is 265 g/mol. The van der Waals surface area contributed by atoms with Crippen LogP contribution in [-0.2, 0) is 13.0 Å². The van der Waals surface area contributed by atoms with Crippen LogP contribution < -0.4 is 0 Å². The molecule has 0 fully saturated rings. The van der Waals surface area contributed by atoms with Gasteiger partial charge in [0, 0.05) is 25.4 Å². The van der Waals surface area contributed by atoms with E-state index in [9.17, 15) is 5.26 Å². The highest BCUT2D eigenvalue weighted by Crippen LogP contribution is 2.20. The second-order valence-corrected chi connectivity index (χ2v) is 4.86. The molecule has 0 saturated carbocycles. The van der Waals surface area contributed by atoms with Crippen molar-refractivity contribution in [2.24, 2.45) is 0 Å². The number of nitrogens with zero attached hydrogens (tertiary/aromatic N) is 5. The average molecular weight is 265 g/mol. The predicted octanol–water partition coefficient (Wildman–Crippen LogP) is 2.46. The molecule has 2 aromatic rings. The molecular weight excluding hydrogens is 250 g/mol. The highest BCUT2D eigenvalue weighted by Gasteiger charge is 2.17. The summed E-state index contributed by atoms with van der Waals surface area (Å²) in [6.07, 6.45) is 9.67. The third-order valence-electron chi connectivity index (χ3n) is 3.47. The number of fused-ring (bicyclic) bond motifs is 1. The molecule has 100 valence electrons. The zero-order valence-electron chi connectivity index (χ0n) is 11.2. The molecule has 1 aliphatic heterocycles. The summed E-state index contributed by atoms with van der Waals surface area (Å²) in [5.74, 6) is 1.66. The molecule has 0 N–H and O–H groups in total. The van der Waals surface area contributed by atoms with Crippen molar-refractivity contribution >= 4 is 11.6 Å². The number of pyridine rings is 1. The van der Waals surface area contributed by atoms with Crippen LogP contribution in [0.3, 0.4) is 0 Å². The minimum absolute atomic E-state index is 0.540. The van der Waals surface area contributed by atoms with Gasteiger partial charge in [-0.3, -0.25) is 4.98 Å². The lowest BCUT2D eigenvalue weighted by Crippen LogP contribution is -2.05. The Hall–Kier alpha value is -2.48. The van der Waals surface area contributed by atoms with Gasteiger partial charge in [0.1, 0.15) is 11.9 Å². The maximum Gasteiger partial charge on any atom is 0.174 e. The number of allylic oxidation sites excluding steroid dienone is 1. The van der Waals surface area contributed by atoms with Crippen molar-refractivity contribution in [3.05, 3.63) is 41.7 Å². The average Bonchev–Trinajstić information content (AvgIpc) is 2.74. The fourth-order valence-corrected chi connectivity index (χ4v) is 2.46. The van der Waals surface area contributed by atoms with E-state index in [0.717, 1.165) is 37.2 Å². The van der Waals surface area contributed by atoms with Crippen molar-refractivity contribution in [1.82, 2.24) is 19.7 Å². The molecule has 0 bridgehead atoms. The van der Waals surface area contributed by atoms with E-state index in [0.29, 0.717) is 11.4 Å². The summed E-state index contributed by atoms with van der Waals surface area (Å²) in [6, 6.07) is 6.01. The van der Waals surface area contributed by atoms with Crippen LogP contribution >= 0.6 is 0 Å². The van der Waals surface area contributed by atoms with E-state index in [1.807, 2.05) is 18.2 Å². The van der Waals surface area contributed by atoms with Gasteiger partial charge in [-0.15, -0.1) is 10.2 Å². The molecule has 20 heavy (non-hydrogen) atoms. The van der Waals surface area contributed by atoms with Crippen LogP contribution in [0.2, 0.25) is 0 Å². The maximum atomic E-state index is 9.41. The van der Waals surface area contributed by atoms with Crippen molar-refractivity contribution in [1.29, 1.82) is 5.26 Å². The molecule has 3 rings (SSSR count). The summed E-state index contributed by atoms with van der Waals surface area (Å²) < 4.78 is 2.08. The summed E-state index contributed by atoms with van der Waals surface area (Å²) in [5.41, 5.74) is 1.44. The fraction of sp³-hybridized carbons (Fsp3) is 0.333. The zero-order valence-corrected chi connectivity index (χ0v) is 11.2. The van der Waals surface area contributed by atoms with E-state index in [1.54, 1.807) is 12.4 Å². The Kier molecular flexibility index (Phi) is 3.55. The quantitative estimate of drug-likeness (QED) is 0.782. The highest BCUT2D eigenvalue weighted by atomic mass is 15.3. The number of nitriles is 1. The zero-order chi connectivity index (χ0) is 13.8. The van der Waals surface area contributed by atoms with Crippen LogP contribution in [0.4, 0.5) is 0 Å². The normalized spacial score (nSPS) is 15.2. The van der Waals surface area contributed by atoms with E-state index < -0.39 is 0 Å². The Bertz CT molecular complexity index is 663. The van der Waals surface area contributed by atoms with E-state index in [2.05, 4.69) is 25.8 Å². The minimum Gasteiger partial charge on any atom is -0.310 e. The first-order valence-corrected chi connectivity index (χ1v) is 6.83. The molecular formula is C15H15N5. The standard InChI is InChI=1S/C15H15N5/c16-10-13(9-12-5-4-7-17-11-12)15-19-18-14-6-2-1-3-8-20(14)15/h4-5,7,9,11H,1-3,6,8H2. The molecule has 0 aliphatic carbocycles. The van der Waals surface area contributed by atoms with E-state index in [1.165, 1.54) is 6.42 Å². The van der Waals surface area contributed by atoms with E-state index >= 15 is 0 Å². The first-order valence-electron chi connectivity index (χ1n) is 6.83. The summed E-state index contributed by atoms with van der Waals surface area (Å²) >= 11 is 0. The number of rotatable bonds is 2. The minimum atomic E-state index is 0.540. The summed E-state index contributed by atoms with van der Waals surface area (Å²) in [5, 5.41) is 17.9. The van der Waals surface area contributed by atoms with Gasteiger partial charge in [-0.2, -0.15) is 5.26 Å². The van der Waals surface area contributed by atoms with Crippen LogP contribution in [0.25, 0.3) is 11.6 Å². The van der Waals surface area contributed by atoms with E-state index in [4.69, 9.17) is 0 Å². The summed E-state index contributed by atoms with van der Waals surface area (Å²) in [6.45, 7) is 0.893. The van der Waals surface area contributed by atoms with Gasteiger partial charge in [0.2, 0.25) is 0 Å². The van der Waals surface area contributed by atoms with Crippen LogP contribution in [0.1, 0.15) is 36.5 Å². The molecule has 0 spiro atoms. The lowest BCUT2D eigenvalue weighted by molar-refractivity contribution is 0.627. The molecule has 0 amide bonds. The molecule has 1 aliphatic rings. The van der Waals surface area contributed by atoms with Crippen LogP contribution in [0.5, 0.6) is 0 Å². The van der Waals surface area contributed by atoms with Gasteiger partial charge in [0.05, 0.1) is 5.57 Å². The van der Waals surface area contributed by atoms with Crippen molar-refractivity contribution in [3.63, 3.8) is 0 Å². The largest absolute Gasteiger partial charge is 0.310 e. The highest BCUT2D eigenvalue weighted by molar-refractivity contribution is 5.87. The molecule has 5 nitrogen and oxygen atoms in total. The van der Waals surface area contributed by atoms with Crippen molar-refractivity contribution < 1.29 is 0 Å². The number of hydrogen-bond acceptors (Lipinski definition) is 4. The molecule has 0 aromatic carbocycles. The third-order valence-corrected chi connectivity index (χ3v) is 3.47. The number of aryl methyl sites for hydroxylation is 1. The Labute approximate surface area is 117 Å². The molecule has 0 saturated heterocycles. The van der Waals surface area contributed by atoms with E-state index in [-0.39, 0.29) is 0 Å². The lowest BCUT2D eigenvalue weighted by Gasteiger charge is -2.05. The van der Waals surface area contributed by atoms with Gasteiger partial charge < -0.3 is 4.57 Å². The predicted molar refractivity (Wildman–Crippen MR) is 75.3 cm³/mol. The van der Waals surface area contributed by atoms with Crippen LogP contribution in [0, 0.1) is 11.3 Å². The summed E-state index contributed by atoms with van der Waals surface area (Å²) in [4.78, 5) is 4.06. The Morgan fingerprint density at radius 2 is 2.25 bits per heavy atom. The third kappa shape index (κ3) is 2.45. The van der Waals surface area contributed by atoms with Gasteiger partial charge in [-0.25, -0.2) is 0 Å². The molecule has 0 unspecified atom stereocenters. The first-order chi connectivity index (χ1) is 9.88. The first kappa shape index (κ1) is 12.5. The Morgan fingerprint density at radius 1 is 1.30 bits per heavy atom. The second-order valence-electron chi connectivity index (χ2n) is 4.86. The summed E-state index contributed by atoms with van der Waals surface area (Å²) in [7, 11) is 0. The molecule has 2 aromatic heterocycles. The van der Waals surface area contributed by atoms with Gasteiger partial charge in [-0.05, 0) is 30.5 Å². The topological polar surface area (TPSA) is 67.4 Å². The smallest absolute Gasteiger partial charge is 0.174 e. The van der Waals surface area contributed by atoms with Crippen molar-refractivity contribution in [3.8, 4) is 6.07 Å². The molecule has 5 heteroatoms. The van der Waals surface area contributed by atoms with Crippen LogP contribution in [0.15, 0.2) is 24.5 Å². The van der Waals surface area contributed by atoms with Gasteiger partial charge in [0.25, 0.3) is 0 Å². The number of hydrogen-bond donors (Lipinski definition) is 0. The molecule has 0 atom stereocenters. The van der Waals surface area contributed by atoms with Crippen molar-refractivity contribution in [2.45, 2.75) is 32.2 Å². The number of aromatic nitrogens is 4. The fourth-order valence-electron chi connectivity index (χ4n) is 2.46. The SMILES string of the molecule is N#CC(=Cc1cccnc1)c1nnc2n1CCCCC2. The second kappa shape index (κ2) is 5.66.